The van der Waals surface area contributed by atoms with Crippen molar-refractivity contribution < 1.29 is 14.3 Å². The van der Waals surface area contributed by atoms with Gasteiger partial charge < -0.3 is 20.1 Å². The van der Waals surface area contributed by atoms with Crippen molar-refractivity contribution in [2.75, 3.05) is 33.4 Å². The van der Waals surface area contributed by atoms with Crippen molar-refractivity contribution in [3.8, 4) is 0 Å². The summed E-state index contributed by atoms with van der Waals surface area (Å²) in [7, 11) is 1.78. The van der Waals surface area contributed by atoms with Crippen LogP contribution in [0.25, 0.3) is 0 Å². The molecule has 0 aromatic heterocycles. The van der Waals surface area contributed by atoms with E-state index in [0.29, 0.717) is 25.0 Å². The third-order valence-electron chi connectivity index (χ3n) is 4.15. The number of carbonyl (C=O) groups is 1. The summed E-state index contributed by atoms with van der Waals surface area (Å²) in [6, 6.07) is 0.179. The fraction of sp³-hybridized carbons (Fsp3) is 0.929. The van der Waals surface area contributed by atoms with Gasteiger partial charge in [-0.25, -0.2) is 0 Å². The summed E-state index contributed by atoms with van der Waals surface area (Å²) in [5.41, 5.74) is 0. The summed E-state index contributed by atoms with van der Waals surface area (Å²) < 4.78 is 10.7. The summed E-state index contributed by atoms with van der Waals surface area (Å²) >= 11 is 0. The van der Waals surface area contributed by atoms with Gasteiger partial charge >= 0.3 is 0 Å². The smallest absolute Gasteiger partial charge is 0.221 e. The van der Waals surface area contributed by atoms with E-state index in [1.807, 2.05) is 0 Å². The van der Waals surface area contributed by atoms with E-state index in [2.05, 4.69) is 10.6 Å². The van der Waals surface area contributed by atoms with Gasteiger partial charge in [-0.1, -0.05) is 0 Å². The van der Waals surface area contributed by atoms with E-state index in [1.54, 1.807) is 7.11 Å². The van der Waals surface area contributed by atoms with E-state index >= 15 is 0 Å². The van der Waals surface area contributed by atoms with Gasteiger partial charge in [0.2, 0.25) is 5.91 Å². The van der Waals surface area contributed by atoms with Gasteiger partial charge in [-0.2, -0.15) is 0 Å². The molecule has 20 heavy (non-hydrogen) atoms. The normalized spacial score (nSPS) is 30.4. The Hall–Kier alpha value is -0.360. The molecule has 5 nitrogen and oxygen atoms in total. The minimum Gasteiger partial charge on any atom is -0.381 e. The van der Waals surface area contributed by atoms with E-state index in [-0.39, 0.29) is 24.4 Å². The predicted molar refractivity (Wildman–Crippen MR) is 80.2 cm³/mol. The quantitative estimate of drug-likeness (QED) is 0.799. The summed E-state index contributed by atoms with van der Waals surface area (Å²) in [6.07, 6.45) is 5.50. The SMILES string of the molecule is COC1CCC(CNC(=O)CC2COCCN2)CC1.Cl. The van der Waals surface area contributed by atoms with Crippen molar-refractivity contribution in [1.29, 1.82) is 0 Å². The molecule has 1 saturated heterocycles. The summed E-state index contributed by atoms with van der Waals surface area (Å²) in [4.78, 5) is 11.8. The molecule has 1 amide bonds. The molecular weight excluding hydrogens is 280 g/mol. The van der Waals surface area contributed by atoms with E-state index in [0.717, 1.165) is 45.4 Å². The van der Waals surface area contributed by atoms with Gasteiger partial charge in [-0.15, -0.1) is 12.4 Å². The van der Waals surface area contributed by atoms with E-state index < -0.39 is 0 Å². The number of hydrogen-bond acceptors (Lipinski definition) is 4. The van der Waals surface area contributed by atoms with E-state index in [1.165, 1.54) is 0 Å². The number of hydrogen-bond donors (Lipinski definition) is 2. The molecule has 1 heterocycles. The minimum absolute atomic E-state index is 0. The van der Waals surface area contributed by atoms with Crippen LogP contribution in [0.2, 0.25) is 0 Å². The Balaban J connectivity index is 0.00000200. The Labute approximate surface area is 127 Å². The second kappa shape index (κ2) is 9.55. The number of halogens is 1. The van der Waals surface area contributed by atoms with Crippen LogP contribution in [0.15, 0.2) is 0 Å². The third-order valence-corrected chi connectivity index (χ3v) is 4.15. The zero-order chi connectivity index (χ0) is 13.5. The number of methoxy groups -OCH3 is 1. The molecule has 1 atom stereocenters. The highest BCUT2D eigenvalue weighted by Gasteiger charge is 2.22. The Morgan fingerprint density at radius 3 is 2.70 bits per heavy atom. The average molecular weight is 307 g/mol. The number of carbonyl (C=O) groups excluding carboxylic acids is 1. The van der Waals surface area contributed by atoms with Crippen molar-refractivity contribution in [2.24, 2.45) is 5.92 Å². The lowest BCUT2D eigenvalue weighted by molar-refractivity contribution is -0.122. The molecule has 1 aliphatic heterocycles. The maximum atomic E-state index is 11.8. The standard InChI is InChI=1S/C14H26N2O3.ClH/c1-18-13-4-2-11(3-5-13)9-16-14(17)8-12-10-19-7-6-15-12;/h11-13,15H,2-10H2,1H3,(H,16,17);1H. The van der Waals surface area contributed by atoms with Crippen LogP contribution in [0.5, 0.6) is 0 Å². The molecule has 0 radical (unpaired) electrons. The monoisotopic (exact) mass is 306 g/mol. The number of nitrogens with one attached hydrogen (secondary N) is 2. The van der Waals surface area contributed by atoms with Crippen molar-refractivity contribution >= 4 is 18.3 Å². The van der Waals surface area contributed by atoms with Gasteiger partial charge in [0.1, 0.15) is 0 Å². The van der Waals surface area contributed by atoms with Crippen molar-refractivity contribution in [3.05, 3.63) is 0 Å². The van der Waals surface area contributed by atoms with Crippen molar-refractivity contribution in [2.45, 2.75) is 44.2 Å². The van der Waals surface area contributed by atoms with Crippen LogP contribution >= 0.6 is 12.4 Å². The summed E-state index contributed by atoms with van der Waals surface area (Å²) in [5.74, 6) is 0.753. The maximum Gasteiger partial charge on any atom is 0.221 e. The molecule has 2 rings (SSSR count). The molecule has 0 bridgehead atoms. The average Bonchev–Trinajstić information content (AvgIpc) is 2.47. The number of amides is 1. The Kier molecular flexibility index (Phi) is 8.45. The number of morpholine rings is 1. The molecular formula is C14H27ClN2O3. The molecule has 1 unspecified atom stereocenters. The molecule has 2 N–H and O–H groups in total. The number of ether oxygens (including phenoxy) is 2. The first-order chi connectivity index (χ1) is 9.28. The lowest BCUT2D eigenvalue weighted by Crippen LogP contribution is -2.44. The van der Waals surface area contributed by atoms with Crippen molar-refractivity contribution in [1.82, 2.24) is 10.6 Å². The minimum atomic E-state index is 0. The molecule has 0 aromatic carbocycles. The largest absolute Gasteiger partial charge is 0.381 e. The van der Waals surface area contributed by atoms with E-state index in [4.69, 9.17) is 9.47 Å². The second-order valence-corrected chi connectivity index (χ2v) is 5.61. The van der Waals surface area contributed by atoms with Gasteiger partial charge in [0.05, 0.1) is 19.3 Å². The lowest BCUT2D eigenvalue weighted by Gasteiger charge is -2.28. The van der Waals surface area contributed by atoms with Gasteiger partial charge in [-0.05, 0) is 31.6 Å². The molecule has 118 valence electrons. The Morgan fingerprint density at radius 2 is 2.10 bits per heavy atom. The molecule has 2 aliphatic rings. The zero-order valence-electron chi connectivity index (χ0n) is 12.2. The molecule has 6 heteroatoms. The van der Waals surface area contributed by atoms with Gasteiger partial charge in [-0.3, -0.25) is 4.79 Å². The first-order valence-electron chi connectivity index (χ1n) is 7.38. The fourth-order valence-electron chi connectivity index (χ4n) is 2.88. The lowest BCUT2D eigenvalue weighted by atomic mass is 9.87. The highest BCUT2D eigenvalue weighted by atomic mass is 35.5. The topological polar surface area (TPSA) is 59.6 Å². The third kappa shape index (κ3) is 5.95. The van der Waals surface area contributed by atoms with Crippen LogP contribution in [-0.2, 0) is 14.3 Å². The van der Waals surface area contributed by atoms with Gasteiger partial charge in [0.25, 0.3) is 0 Å². The Bertz CT molecular complexity index is 278. The van der Waals surface area contributed by atoms with Crippen LogP contribution in [0.1, 0.15) is 32.1 Å². The van der Waals surface area contributed by atoms with Crippen molar-refractivity contribution in [3.63, 3.8) is 0 Å². The molecule has 2 fully saturated rings. The highest BCUT2D eigenvalue weighted by Crippen LogP contribution is 2.25. The predicted octanol–water partition coefficient (Wildman–Crippen LogP) is 1.11. The second-order valence-electron chi connectivity index (χ2n) is 5.61. The first kappa shape index (κ1) is 17.7. The van der Waals surface area contributed by atoms with Crippen LogP contribution in [0.4, 0.5) is 0 Å². The first-order valence-corrected chi connectivity index (χ1v) is 7.38. The molecule has 1 saturated carbocycles. The zero-order valence-corrected chi connectivity index (χ0v) is 13.0. The number of rotatable bonds is 5. The van der Waals surface area contributed by atoms with Gasteiger partial charge in [0.15, 0.2) is 0 Å². The highest BCUT2D eigenvalue weighted by molar-refractivity contribution is 5.85. The summed E-state index contributed by atoms with van der Waals surface area (Å²) in [5, 5.41) is 6.36. The Morgan fingerprint density at radius 1 is 1.35 bits per heavy atom. The fourth-order valence-corrected chi connectivity index (χ4v) is 2.88. The maximum absolute atomic E-state index is 11.8. The van der Waals surface area contributed by atoms with Crippen LogP contribution in [-0.4, -0.2) is 51.5 Å². The van der Waals surface area contributed by atoms with Crippen LogP contribution in [0, 0.1) is 5.92 Å². The molecule has 0 aromatic rings. The van der Waals surface area contributed by atoms with Crippen LogP contribution in [0.3, 0.4) is 0 Å². The van der Waals surface area contributed by atoms with E-state index in [9.17, 15) is 4.79 Å². The molecule has 1 aliphatic carbocycles. The molecule has 0 spiro atoms. The summed E-state index contributed by atoms with van der Waals surface area (Å²) in [6.45, 7) is 3.05. The van der Waals surface area contributed by atoms with Gasteiger partial charge in [0, 0.05) is 32.7 Å². The van der Waals surface area contributed by atoms with Crippen LogP contribution < -0.4 is 10.6 Å².